The van der Waals surface area contributed by atoms with Crippen LogP contribution in [-0.2, 0) is 0 Å². The fourth-order valence-corrected chi connectivity index (χ4v) is 2.96. The molecule has 0 bridgehead atoms. The zero-order chi connectivity index (χ0) is 18.3. The topological polar surface area (TPSA) is 92.2 Å². The highest BCUT2D eigenvalue weighted by atomic mass is 35.5. The van der Waals surface area contributed by atoms with Crippen LogP contribution in [0.25, 0.3) is 21.9 Å². The summed E-state index contributed by atoms with van der Waals surface area (Å²) in [6.07, 6.45) is 1.40. The zero-order valence-electron chi connectivity index (χ0n) is 13.6. The molecule has 8 heteroatoms. The van der Waals surface area contributed by atoms with Crippen molar-refractivity contribution in [3.8, 4) is 5.75 Å². The SMILES string of the molecule is COc1ccc2[nH]c3c(=O)n(/N=C\c4cccc(Cl)c4)c(=O)[nH]c3c2c1. The molecule has 0 atom stereocenters. The van der Waals surface area contributed by atoms with Crippen LogP contribution in [0.4, 0.5) is 0 Å². The summed E-state index contributed by atoms with van der Waals surface area (Å²) < 4.78 is 5.97. The van der Waals surface area contributed by atoms with Gasteiger partial charge in [0.15, 0.2) is 0 Å². The van der Waals surface area contributed by atoms with Gasteiger partial charge in [-0.2, -0.15) is 5.10 Å². The summed E-state index contributed by atoms with van der Waals surface area (Å²) in [6, 6.07) is 12.2. The predicted octanol–water partition coefficient (Wildman–Crippen LogP) is 2.72. The highest BCUT2D eigenvalue weighted by Gasteiger charge is 2.13. The van der Waals surface area contributed by atoms with Gasteiger partial charge in [-0.15, -0.1) is 4.68 Å². The first-order chi connectivity index (χ1) is 12.6. The summed E-state index contributed by atoms with van der Waals surface area (Å²) in [5.74, 6) is 0.627. The number of H-pyrrole nitrogens is 2. The number of benzene rings is 2. The second-order valence-corrected chi connectivity index (χ2v) is 6.07. The van der Waals surface area contributed by atoms with Gasteiger partial charge < -0.3 is 14.7 Å². The summed E-state index contributed by atoms with van der Waals surface area (Å²) in [5.41, 5.74) is 0.885. The Kier molecular flexibility index (Phi) is 3.85. The Hall–Kier alpha value is -3.32. The van der Waals surface area contributed by atoms with Gasteiger partial charge in [-0.1, -0.05) is 23.7 Å². The molecular formula is C18H13ClN4O3. The number of aromatic nitrogens is 3. The molecular weight excluding hydrogens is 356 g/mol. The van der Waals surface area contributed by atoms with E-state index in [9.17, 15) is 9.59 Å². The van der Waals surface area contributed by atoms with Gasteiger partial charge in [0, 0.05) is 15.9 Å². The molecule has 4 rings (SSSR count). The molecule has 2 aromatic carbocycles. The number of nitrogens with zero attached hydrogens (tertiary/aromatic N) is 2. The first kappa shape index (κ1) is 16.2. The van der Waals surface area contributed by atoms with E-state index in [1.54, 1.807) is 49.6 Å². The van der Waals surface area contributed by atoms with Crippen molar-refractivity contribution in [2.75, 3.05) is 7.11 Å². The molecule has 0 fully saturated rings. The van der Waals surface area contributed by atoms with Crippen LogP contribution in [0.3, 0.4) is 0 Å². The molecule has 4 aromatic rings. The maximum atomic E-state index is 12.7. The molecule has 0 saturated carbocycles. The lowest BCUT2D eigenvalue weighted by Crippen LogP contribution is -2.32. The number of hydrogen-bond acceptors (Lipinski definition) is 4. The van der Waals surface area contributed by atoms with Crippen molar-refractivity contribution in [3.05, 3.63) is 73.9 Å². The average Bonchev–Trinajstić information content (AvgIpc) is 2.99. The molecule has 0 amide bonds. The van der Waals surface area contributed by atoms with E-state index in [0.717, 1.165) is 4.68 Å². The largest absolute Gasteiger partial charge is 0.497 e. The number of rotatable bonds is 3. The third-order valence-electron chi connectivity index (χ3n) is 4.01. The van der Waals surface area contributed by atoms with Gasteiger partial charge in [-0.05, 0) is 35.9 Å². The van der Waals surface area contributed by atoms with Crippen LogP contribution in [0.5, 0.6) is 5.75 Å². The lowest BCUT2D eigenvalue weighted by Gasteiger charge is -1.99. The summed E-state index contributed by atoms with van der Waals surface area (Å²) in [6.45, 7) is 0. The lowest BCUT2D eigenvalue weighted by atomic mass is 10.2. The van der Waals surface area contributed by atoms with Crippen LogP contribution in [0.2, 0.25) is 5.02 Å². The summed E-state index contributed by atoms with van der Waals surface area (Å²) >= 11 is 5.92. The molecule has 2 heterocycles. The van der Waals surface area contributed by atoms with Gasteiger partial charge in [0.2, 0.25) is 0 Å². The van der Waals surface area contributed by atoms with E-state index >= 15 is 0 Å². The summed E-state index contributed by atoms with van der Waals surface area (Å²) in [5, 5.41) is 5.23. The first-order valence-corrected chi connectivity index (χ1v) is 8.09. The normalized spacial score (nSPS) is 11.6. The van der Waals surface area contributed by atoms with Crippen LogP contribution in [0.15, 0.2) is 57.2 Å². The minimum atomic E-state index is -0.635. The third-order valence-corrected chi connectivity index (χ3v) is 4.24. The molecule has 130 valence electrons. The third kappa shape index (κ3) is 2.68. The standard InChI is InChI=1S/C18H13ClN4O3/c1-26-12-5-6-14-13(8-12)15-16(21-14)17(24)23(18(25)22-15)20-9-10-3-2-4-11(19)7-10/h2-9,21H,1H3,(H,22,25)/b20-9-. The fraction of sp³-hybridized carbons (Fsp3) is 0.0556. The molecule has 0 radical (unpaired) electrons. The van der Waals surface area contributed by atoms with E-state index < -0.39 is 11.2 Å². The molecule has 0 unspecified atom stereocenters. The van der Waals surface area contributed by atoms with E-state index in [-0.39, 0.29) is 5.52 Å². The van der Waals surface area contributed by atoms with Gasteiger partial charge >= 0.3 is 11.2 Å². The zero-order valence-corrected chi connectivity index (χ0v) is 14.4. The smallest absolute Gasteiger partial charge is 0.350 e. The number of aromatic amines is 2. The highest BCUT2D eigenvalue weighted by Crippen LogP contribution is 2.25. The molecule has 0 aliphatic carbocycles. The molecule has 0 aliphatic heterocycles. The minimum absolute atomic E-state index is 0.260. The predicted molar refractivity (Wildman–Crippen MR) is 102 cm³/mol. The molecule has 2 aromatic heterocycles. The van der Waals surface area contributed by atoms with Gasteiger partial charge in [0.05, 0.1) is 18.8 Å². The minimum Gasteiger partial charge on any atom is -0.497 e. The number of methoxy groups -OCH3 is 1. The van der Waals surface area contributed by atoms with E-state index in [2.05, 4.69) is 15.1 Å². The molecule has 0 aliphatic rings. The second-order valence-electron chi connectivity index (χ2n) is 5.63. The molecule has 7 nitrogen and oxygen atoms in total. The van der Waals surface area contributed by atoms with Crippen LogP contribution in [0, 0.1) is 0 Å². The van der Waals surface area contributed by atoms with Crippen LogP contribution < -0.4 is 16.0 Å². The fourth-order valence-electron chi connectivity index (χ4n) is 2.76. The average molecular weight is 369 g/mol. The van der Waals surface area contributed by atoms with E-state index in [1.165, 1.54) is 6.21 Å². The summed E-state index contributed by atoms with van der Waals surface area (Å²) in [7, 11) is 1.55. The maximum absolute atomic E-state index is 12.7. The Morgan fingerprint density at radius 1 is 1.12 bits per heavy atom. The second kappa shape index (κ2) is 6.20. The number of halogens is 1. The van der Waals surface area contributed by atoms with Crippen molar-refractivity contribution < 1.29 is 4.74 Å². The van der Waals surface area contributed by atoms with Crippen LogP contribution in [-0.4, -0.2) is 28.0 Å². The van der Waals surface area contributed by atoms with Crippen molar-refractivity contribution in [1.82, 2.24) is 14.6 Å². The molecule has 26 heavy (non-hydrogen) atoms. The Labute approximate surface area is 151 Å². The van der Waals surface area contributed by atoms with Crippen molar-refractivity contribution in [3.63, 3.8) is 0 Å². The van der Waals surface area contributed by atoms with Crippen molar-refractivity contribution in [2.45, 2.75) is 0 Å². The maximum Gasteiger partial charge on any atom is 0.350 e. The lowest BCUT2D eigenvalue weighted by molar-refractivity contribution is 0.415. The summed E-state index contributed by atoms with van der Waals surface area (Å²) in [4.78, 5) is 30.8. The van der Waals surface area contributed by atoms with Gasteiger partial charge in [0.25, 0.3) is 0 Å². The Bertz CT molecular complexity index is 1280. The Morgan fingerprint density at radius 3 is 2.73 bits per heavy atom. The monoisotopic (exact) mass is 368 g/mol. The number of fused-ring (bicyclic) bond motifs is 3. The molecule has 2 N–H and O–H groups in total. The Balaban J connectivity index is 1.90. The Morgan fingerprint density at radius 2 is 1.96 bits per heavy atom. The van der Waals surface area contributed by atoms with E-state index in [4.69, 9.17) is 16.3 Å². The number of nitrogens with one attached hydrogen (secondary N) is 2. The van der Waals surface area contributed by atoms with Gasteiger partial charge in [-0.3, -0.25) is 4.79 Å². The van der Waals surface area contributed by atoms with E-state index in [0.29, 0.717) is 32.8 Å². The van der Waals surface area contributed by atoms with Crippen molar-refractivity contribution in [1.29, 1.82) is 0 Å². The quantitative estimate of drug-likeness (QED) is 0.544. The number of hydrogen-bond donors (Lipinski definition) is 2. The van der Waals surface area contributed by atoms with Crippen molar-refractivity contribution in [2.24, 2.45) is 5.10 Å². The van der Waals surface area contributed by atoms with Crippen LogP contribution >= 0.6 is 11.6 Å². The first-order valence-electron chi connectivity index (χ1n) is 7.71. The van der Waals surface area contributed by atoms with Crippen molar-refractivity contribution >= 4 is 39.8 Å². The van der Waals surface area contributed by atoms with Crippen LogP contribution in [0.1, 0.15) is 5.56 Å². The van der Waals surface area contributed by atoms with Gasteiger partial charge in [-0.25, -0.2) is 4.79 Å². The molecule has 0 saturated heterocycles. The number of ether oxygens (including phenoxy) is 1. The molecule has 0 spiro atoms. The highest BCUT2D eigenvalue weighted by molar-refractivity contribution is 6.30. The van der Waals surface area contributed by atoms with Gasteiger partial charge in [0.1, 0.15) is 11.3 Å². The van der Waals surface area contributed by atoms with E-state index in [1.807, 2.05) is 0 Å².